The van der Waals surface area contributed by atoms with Crippen molar-refractivity contribution >= 4 is 43.6 Å². The number of hydrogen-bond donors (Lipinski definition) is 0. The van der Waals surface area contributed by atoms with Crippen LogP contribution < -0.4 is 0 Å². The van der Waals surface area contributed by atoms with Gasteiger partial charge in [0.05, 0.1) is 39.1 Å². The molecule has 0 N–H and O–H groups in total. The molecule has 9 aromatic rings. The first-order valence-corrected chi connectivity index (χ1v) is 14.8. The van der Waals surface area contributed by atoms with Crippen molar-refractivity contribution in [3.63, 3.8) is 0 Å². The van der Waals surface area contributed by atoms with Gasteiger partial charge in [0.25, 0.3) is 0 Å². The van der Waals surface area contributed by atoms with Crippen LogP contribution in [0.3, 0.4) is 0 Å². The molecule has 0 unspecified atom stereocenters. The maximum Gasteiger partial charge on any atom is 0.0886 e. The van der Waals surface area contributed by atoms with Crippen molar-refractivity contribution in [2.24, 2.45) is 0 Å². The zero-order valence-corrected chi connectivity index (χ0v) is 23.8. The van der Waals surface area contributed by atoms with Crippen LogP contribution in [0.15, 0.2) is 158 Å². The van der Waals surface area contributed by atoms with Gasteiger partial charge < -0.3 is 9.13 Å². The van der Waals surface area contributed by atoms with Gasteiger partial charge in [0.1, 0.15) is 0 Å². The second-order valence-corrected chi connectivity index (χ2v) is 11.1. The minimum atomic E-state index is 0.853. The molecule has 5 aromatic carbocycles. The average Bonchev–Trinajstić information content (AvgIpc) is 3.62. The topological polar surface area (TPSA) is 35.6 Å². The van der Waals surface area contributed by atoms with Gasteiger partial charge in [0, 0.05) is 50.8 Å². The van der Waals surface area contributed by atoms with Crippen LogP contribution in [-0.2, 0) is 0 Å². The average molecular weight is 563 g/mol. The Bertz CT molecular complexity index is 2380. The Kier molecular flexibility index (Phi) is 5.47. The highest BCUT2D eigenvalue weighted by Crippen LogP contribution is 2.39. The minimum absolute atomic E-state index is 0.853. The van der Waals surface area contributed by atoms with Gasteiger partial charge in [-0.2, -0.15) is 0 Å². The smallest absolute Gasteiger partial charge is 0.0886 e. The molecule has 0 atom stereocenters. The van der Waals surface area contributed by atoms with Crippen LogP contribution in [0.2, 0.25) is 0 Å². The first-order chi connectivity index (χ1) is 21.8. The zero-order valence-electron chi connectivity index (χ0n) is 23.8. The fourth-order valence-electron chi connectivity index (χ4n) is 6.69. The Morgan fingerprint density at radius 3 is 1.45 bits per heavy atom. The first-order valence-electron chi connectivity index (χ1n) is 14.8. The Morgan fingerprint density at radius 1 is 0.409 bits per heavy atom. The van der Waals surface area contributed by atoms with E-state index >= 15 is 0 Å². The molecule has 0 amide bonds. The fraction of sp³-hybridized carbons (Fsp3) is 0. The van der Waals surface area contributed by atoms with Crippen LogP contribution in [0.5, 0.6) is 0 Å². The van der Waals surface area contributed by atoms with Crippen LogP contribution in [0, 0.1) is 0 Å². The number of nitrogens with zero attached hydrogens (tertiary/aromatic N) is 4. The molecule has 4 nitrogen and oxygen atoms in total. The number of benzene rings is 5. The second kappa shape index (κ2) is 9.79. The Hall–Kier alpha value is -6.00. The maximum atomic E-state index is 4.89. The monoisotopic (exact) mass is 562 g/mol. The van der Waals surface area contributed by atoms with Gasteiger partial charge >= 0.3 is 0 Å². The van der Waals surface area contributed by atoms with Crippen LogP contribution in [-0.4, -0.2) is 19.1 Å². The van der Waals surface area contributed by atoms with Gasteiger partial charge in [-0.25, -0.2) is 0 Å². The van der Waals surface area contributed by atoms with Gasteiger partial charge in [-0.3, -0.25) is 9.97 Å². The third-order valence-corrected chi connectivity index (χ3v) is 8.64. The van der Waals surface area contributed by atoms with Crippen molar-refractivity contribution in [3.8, 4) is 33.9 Å². The second-order valence-electron chi connectivity index (χ2n) is 11.1. The predicted molar refractivity (Wildman–Crippen MR) is 182 cm³/mol. The maximum absolute atomic E-state index is 4.89. The standard InChI is InChI=1S/C40H26N4/c1-5-16-36-29(11-1)30-12-2-6-17-37(30)43(36)28-21-23-40(44-38-18-7-3-13-31(38)32-14-4-8-19-39(32)44)33(25-28)27-20-22-35(42-26-27)34-15-9-10-24-41-34/h1-26H. The number of aromatic nitrogens is 4. The molecule has 0 radical (unpaired) electrons. The van der Waals surface area contributed by atoms with Gasteiger partial charge in [-0.1, -0.05) is 84.9 Å². The van der Waals surface area contributed by atoms with Gasteiger partial charge in [0.2, 0.25) is 0 Å². The molecule has 0 saturated heterocycles. The molecule has 4 heterocycles. The summed E-state index contributed by atoms with van der Waals surface area (Å²) in [6, 6.07) is 51.6. The van der Waals surface area contributed by atoms with E-state index in [-0.39, 0.29) is 0 Å². The van der Waals surface area contributed by atoms with E-state index in [4.69, 9.17) is 4.98 Å². The number of hydrogen-bond acceptors (Lipinski definition) is 2. The summed E-state index contributed by atoms with van der Waals surface area (Å²) in [5.74, 6) is 0. The van der Waals surface area contributed by atoms with Gasteiger partial charge in [-0.05, 0) is 60.7 Å². The van der Waals surface area contributed by atoms with Crippen molar-refractivity contribution in [3.05, 3.63) is 158 Å². The zero-order chi connectivity index (χ0) is 29.0. The van der Waals surface area contributed by atoms with Crippen LogP contribution in [0.25, 0.3) is 77.5 Å². The molecule has 0 aliphatic carbocycles. The molecule has 0 aliphatic heterocycles. The Labute approximate surface area is 254 Å². The summed E-state index contributed by atoms with van der Waals surface area (Å²) in [7, 11) is 0. The highest BCUT2D eigenvalue weighted by molar-refractivity contribution is 6.11. The molecular weight excluding hydrogens is 536 g/mol. The van der Waals surface area contributed by atoms with E-state index in [0.717, 1.165) is 33.9 Å². The van der Waals surface area contributed by atoms with Crippen LogP contribution >= 0.6 is 0 Å². The van der Waals surface area contributed by atoms with Crippen molar-refractivity contribution in [2.45, 2.75) is 0 Å². The minimum Gasteiger partial charge on any atom is -0.309 e. The van der Waals surface area contributed by atoms with Crippen molar-refractivity contribution < 1.29 is 0 Å². The number of pyridine rings is 2. The molecule has 206 valence electrons. The quantitative estimate of drug-likeness (QED) is 0.214. The van der Waals surface area contributed by atoms with E-state index in [1.165, 1.54) is 43.6 Å². The molecular formula is C40H26N4. The summed E-state index contributed by atoms with van der Waals surface area (Å²) in [5.41, 5.74) is 10.8. The molecule has 0 spiro atoms. The van der Waals surface area contributed by atoms with Crippen molar-refractivity contribution in [1.29, 1.82) is 0 Å². The molecule has 44 heavy (non-hydrogen) atoms. The lowest BCUT2D eigenvalue weighted by Crippen LogP contribution is -2.01. The van der Waals surface area contributed by atoms with Crippen molar-refractivity contribution in [2.75, 3.05) is 0 Å². The summed E-state index contributed by atoms with van der Waals surface area (Å²) >= 11 is 0. The molecule has 9 rings (SSSR count). The third-order valence-electron chi connectivity index (χ3n) is 8.64. The number of fused-ring (bicyclic) bond motifs is 6. The van der Waals surface area contributed by atoms with Gasteiger partial charge in [-0.15, -0.1) is 0 Å². The fourth-order valence-corrected chi connectivity index (χ4v) is 6.69. The molecule has 0 fully saturated rings. The first kappa shape index (κ1) is 24.6. The van der Waals surface area contributed by atoms with E-state index in [1.807, 2.05) is 24.4 Å². The summed E-state index contributed by atoms with van der Waals surface area (Å²) in [5, 5.41) is 4.98. The highest BCUT2D eigenvalue weighted by Gasteiger charge is 2.18. The predicted octanol–water partition coefficient (Wildman–Crippen LogP) is 10.0. The van der Waals surface area contributed by atoms with E-state index < -0.39 is 0 Å². The summed E-state index contributed by atoms with van der Waals surface area (Å²) in [6.45, 7) is 0. The Balaban J connectivity index is 1.34. The van der Waals surface area contributed by atoms with Crippen LogP contribution in [0.1, 0.15) is 0 Å². The molecule has 0 aliphatic rings. The van der Waals surface area contributed by atoms with Crippen LogP contribution in [0.4, 0.5) is 0 Å². The van der Waals surface area contributed by atoms with E-state index in [1.54, 1.807) is 6.20 Å². The van der Waals surface area contributed by atoms with E-state index in [9.17, 15) is 0 Å². The molecule has 4 heteroatoms. The highest BCUT2D eigenvalue weighted by atomic mass is 15.0. The number of rotatable bonds is 4. The lowest BCUT2D eigenvalue weighted by atomic mass is 10.0. The summed E-state index contributed by atoms with van der Waals surface area (Å²) in [4.78, 5) is 9.40. The summed E-state index contributed by atoms with van der Waals surface area (Å²) < 4.78 is 4.77. The third kappa shape index (κ3) is 3.71. The molecule has 4 aromatic heterocycles. The normalized spacial score (nSPS) is 11.6. The van der Waals surface area contributed by atoms with Crippen molar-refractivity contribution in [1.82, 2.24) is 19.1 Å². The lowest BCUT2D eigenvalue weighted by molar-refractivity contribution is 1.14. The molecule has 0 saturated carbocycles. The van der Waals surface area contributed by atoms with E-state index in [2.05, 4.69) is 142 Å². The number of para-hydroxylation sites is 4. The molecule has 0 bridgehead atoms. The summed E-state index contributed by atoms with van der Waals surface area (Å²) in [6.07, 6.45) is 3.78. The SMILES string of the molecule is c1ccc(-c2ccc(-c3cc(-n4c5ccccc5c5ccccc54)ccc3-n3c4ccccc4c4ccccc43)cn2)nc1. The van der Waals surface area contributed by atoms with E-state index in [0.29, 0.717) is 0 Å². The largest absolute Gasteiger partial charge is 0.309 e. The van der Waals surface area contributed by atoms with Gasteiger partial charge in [0.15, 0.2) is 0 Å². The Morgan fingerprint density at radius 2 is 0.932 bits per heavy atom. The lowest BCUT2D eigenvalue weighted by Gasteiger charge is -2.17.